The van der Waals surface area contributed by atoms with Crippen molar-refractivity contribution in [1.29, 1.82) is 5.26 Å². The van der Waals surface area contributed by atoms with Crippen LogP contribution in [-0.4, -0.2) is 18.9 Å². The first kappa shape index (κ1) is 17.9. The van der Waals surface area contributed by atoms with E-state index in [0.29, 0.717) is 18.9 Å². The van der Waals surface area contributed by atoms with E-state index >= 15 is 0 Å². The van der Waals surface area contributed by atoms with Crippen LogP contribution in [0.2, 0.25) is 0 Å². The number of halogens is 2. The number of nitrogens with one attached hydrogen (secondary N) is 2. The Morgan fingerprint density at radius 1 is 1.20 bits per heavy atom. The molecule has 0 aliphatic carbocycles. The van der Waals surface area contributed by atoms with Crippen molar-refractivity contribution in [2.75, 3.05) is 13.1 Å². The summed E-state index contributed by atoms with van der Waals surface area (Å²) < 4.78 is 12.8. The largest absolute Gasteiger partial charge is 0.371 e. The van der Waals surface area contributed by atoms with Crippen molar-refractivity contribution in [2.45, 2.75) is 13.8 Å². The summed E-state index contributed by atoms with van der Waals surface area (Å²) in [5, 5.41) is 15.0. The first-order chi connectivity index (χ1) is 9.13. The van der Waals surface area contributed by atoms with E-state index in [1.54, 1.807) is 0 Å². The molecule has 0 amide bonds. The molecule has 0 radical (unpaired) electrons. The van der Waals surface area contributed by atoms with E-state index < -0.39 is 11.6 Å². The summed E-state index contributed by atoms with van der Waals surface area (Å²) in [7, 11) is 0. The van der Waals surface area contributed by atoms with Gasteiger partial charge in [-0.05, 0) is 38.1 Å². The lowest BCUT2D eigenvalue weighted by molar-refractivity contribution is 0.103. The molecule has 2 N–H and O–H groups in total. The molecular formula is C14H17ClFN3O. The van der Waals surface area contributed by atoms with Gasteiger partial charge < -0.3 is 10.6 Å². The van der Waals surface area contributed by atoms with E-state index in [9.17, 15) is 9.18 Å². The second-order valence-corrected chi connectivity index (χ2v) is 3.76. The summed E-state index contributed by atoms with van der Waals surface area (Å²) in [6.07, 6.45) is 0. The Morgan fingerprint density at radius 2 is 1.70 bits per heavy atom. The summed E-state index contributed by atoms with van der Waals surface area (Å²) in [6.45, 7) is 4.91. The highest BCUT2D eigenvalue weighted by Gasteiger charge is 2.17. The number of hydrogen-bond donors (Lipinski definition) is 2. The Hall–Kier alpha value is -2.06. The molecule has 6 heteroatoms. The van der Waals surface area contributed by atoms with Gasteiger partial charge in [-0.2, -0.15) is 5.26 Å². The van der Waals surface area contributed by atoms with Gasteiger partial charge in [-0.15, -0.1) is 12.4 Å². The standard InChI is InChI=1S/C14H16FN3O.ClH/c1-3-17-14(18-4-2)12(9-16)13(19)10-5-7-11(15)8-6-10;/h5-8,17-18H,3-4H2,1-2H3;1H. The summed E-state index contributed by atoms with van der Waals surface area (Å²) in [5.74, 6) is -0.446. The normalized spacial score (nSPS) is 8.90. The molecule has 1 aromatic rings. The number of ketones is 1. The van der Waals surface area contributed by atoms with Crippen molar-refractivity contribution >= 4 is 18.2 Å². The average molecular weight is 298 g/mol. The van der Waals surface area contributed by atoms with Gasteiger partial charge in [0.1, 0.15) is 23.3 Å². The molecule has 0 aromatic heterocycles. The van der Waals surface area contributed by atoms with Crippen molar-refractivity contribution < 1.29 is 9.18 Å². The summed E-state index contributed by atoms with van der Waals surface area (Å²) >= 11 is 0. The van der Waals surface area contributed by atoms with E-state index in [2.05, 4.69) is 10.6 Å². The Kier molecular flexibility index (Phi) is 8.02. The van der Waals surface area contributed by atoms with Crippen LogP contribution in [0.4, 0.5) is 4.39 Å². The molecule has 1 rings (SSSR count). The van der Waals surface area contributed by atoms with Crippen LogP contribution in [0, 0.1) is 17.1 Å². The minimum Gasteiger partial charge on any atom is -0.371 e. The summed E-state index contributed by atoms with van der Waals surface area (Å²) in [5.41, 5.74) is 0.279. The lowest BCUT2D eigenvalue weighted by Crippen LogP contribution is -2.29. The Morgan fingerprint density at radius 3 is 2.10 bits per heavy atom. The maximum absolute atomic E-state index is 12.8. The quantitative estimate of drug-likeness (QED) is 0.481. The van der Waals surface area contributed by atoms with Crippen molar-refractivity contribution in [3.63, 3.8) is 0 Å². The van der Waals surface area contributed by atoms with Crippen molar-refractivity contribution in [3.8, 4) is 6.07 Å². The zero-order valence-electron chi connectivity index (χ0n) is 11.4. The molecule has 108 valence electrons. The number of nitrogens with zero attached hydrogens (tertiary/aromatic N) is 1. The average Bonchev–Trinajstić information content (AvgIpc) is 2.40. The van der Waals surface area contributed by atoms with Crippen LogP contribution < -0.4 is 10.6 Å². The minimum atomic E-state index is -0.431. The molecule has 4 nitrogen and oxygen atoms in total. The van der Waals surface area contributed by atoms with Gasteiger partial charge in [0, 0.05) is 18.7 Å². The molecule has 0 saturated carbocycles. The molecule has 0 heterocycles. The Balaban J connectivity index is 0.00000361. The van der Waals surface area contributed by atoms with Gasteiger partial charge in [0.15, 0.2) is 0 Å². The number of allylic oxidation sites excluding steroid dienone is 1. The lowest BCUT2D eigenvalue weighted by atomic mass is 10.0. The fourth-order valence-corrected chi connectivity index (χ4v) is 1.56. The smallest absolute Gasteiger partial charge is 0.207 e. The maximum atomic E-state index is 12.8. The van der Waals surface area contributed by atoms with Crippen molar-refractivity contribution in [3.05, 3.63) is 47.0 Å². The SMILES string of the molecule is CCNC(NCC)=C(C#N)C(=O)c1ccc(F)cc1.Cl. The second kappa shape index (κ2) is 8.94. The highest BCUT2D eigenvalue weighted by atomic mass is 35.5. The predicted octanol–water partition coefficient (Wildman–Crippen LogP) is 2.38. The van der Waals surface area contributed by atoms with Crippen LogP contribution >= 0.6 is 12.4 Å². The van der Waals surface area contributed by atoms with Gasteiger partial charge in [0.2, 0.25) is 5.78 Å². The third-order valence-corrected chi connectivity index (χ3v) is 2.40. The van der Waals surface area contributed by atoms with Crippen LogP contribution in [0.5, 0.6) is 0 Å². The molecule has 0 saturated heterocycles. The molecule has 1 aromatic carbocycles. The topological polar surface area (TPSA) is 64.9 Å². The summed E-state index contributed by atoms with van der Waals surface area (Å²) in [4.78, 5) is 12.2. The molecule has 0 spiro atoms. The van der Waals surface area contributed by atoms with Crippen molar-refractivity contribution in [2.24, 2.45) is 0 Å². The van der Waals surface area contributed by atoms with E-state index in [-0.39, 0.29) is 23.5 Å². The Bertz CT molecular complexity index is 512. The fraction of sp³-hybridized carbons (Fsp3) is 0.286. The number of nitriles is 1. The number of carbonyl (C=O) groups excluding carboxylic acids is 1. The highest BCUT2D eigenvalue weighted by Crippen LogP contribution is 2.11. The molecular weight excluding hydrogens is 281 g/mol. The van der Waals surface area contributed by atoms with Gasteiger partial charge in [-0.25, -0.2) is 4.39 Å². The fourth-order valence-electron chi connectivity index (χ4n) is 1.56. The molecule has 0 aliphatic heterocycles. The van der Waals surface area contributed by atoms with E-state index in [1.165, 1.54) is 24.3 Å². The third-order valence-electron chi connectivity index (χ3n) is 2.40. The monoisotopic (exact) mass is 297 g/mol. The lowest BCUT2D eigenvalue weighted by Gasteiger charge is -2.12. The van der Waals surface area contributed by atoms with Crippen LogP contribution in [0.25, 0.3) is 0 Å². The summed E-state index contributed by atoms with van der Waals surface area (Å²) in [6, 6.07) is 7.02. The maximum Gasteiger partial charge on any atom is 0.207 e. The van der Waals surface area contributed by atoms with Gasteiger partial charge in [0.25, 0.3) is 0 Å². The van der Waals surface area contributed by atoms with Crippen molar-refractivity contribution in [1.82, 2.24) is 10.6 Å². The number of rotatable bonds is 6. The molecule has 20 heavy (non-hydrogen) atoms. The molecule has 0 fully saturated rings. The van der Waals surface area contributed by atoms with Gasteiger partial charge in [-0.3, -0.25) is 4.79 Å². The van der Waals surface area contributed by atoms with Gasteiger partial charge in [-0.1, -0.05) is 0 Å². The van der Waals surface area contributed by atoms with E-state index in [0.717, 1.165) is 0 Å². The van der Waals surface area contributed by atoms with Gasteiger partial charge >= 0.3 is 0 Å². The highest BCUT2D eigenvalue weighted by molar-refractivity contribution is 6.11. The predicted molar refractivity (Wildman–Crippen MR) is 78.0 cm³/mol. The van der Waals surface area contributed by atoms with Crippen LogP contribution in [0.15, 0.2) is 35.7 Å². The zero-order chi connectivity index (χ0) is 14.3. The van der Waals surface area contributed by atoms with Crippen LogP contribution in [0.3, 0.4) is 0 Å². The first-order valence-corrected chi connectivity index (χ1v) is 6.06. The zero-order valence-corrected chi connectivity index (χ0v) is 12.2. The number of carbonyl (C=O) groups is 1. The molecule has 0 aliphatic rings. The Labute approximate surface area is 124 Å². The van der Waals surface area contributed by atoms with Crippen LogP contribution in [0.1, 0.15) is 24.2 Å². The molecule has 0 unspecified atom stereocenters. The number of Topliss-reactive ketones (excluding diaryl/α,β-unsaturated/α-hetero) is 1. The molecule has 0 bridgehead atoms. The van der Waals surface area contributed by atoms with E-state index in [4.69, 9.17) is 5.26 Å². The number of benzene rings is 1. The second-order valence-electron chi connectivity index (χ2n) is 3.76. The van der Waals surface area contributed by atoms with E-state index in [1.807, 2.05) is 19.9 Å². The van der Waals surface area contributed by atoms with Gasteiger partial charge in [0.05, 0.1) is 0 Å². The third kappa shape index (κ3) is 4.56. The minimum absolute atomic E-state index is 0. The van der Waals surface area contributed by atoms with Crippen LogP contribution in [-0.2, 0) is 0 Å². The number of hydrogen-bond acceptors (Lipinski definition) is 4. The first-order valence-electron chi connectivity index (χ1n) is 6.06. The molecule has 0 atom stereocenters.